The summed E-state index contributed by atoms with van der Waals surface area (Å²) in [4.78, 5) is 17.7. The molecule has 23 heavy (non-hydrogen) atoms. The molecule has 2 heterocycles. The summed E-state index contributed by atoms with van der Waals surface area (Å²) in [5.41, 5.74) is 3.55. The summed E-state index contributed by atoms with van der Waals surface area (Å²) >= 11 is 0. The van der Waals surface area contributed by atoms with Gasteiger partial charge in [0.2, 0.25) is 5.91 Å². The first kappa shape index (κ1) is 15.7. The van der Waals surface area contributed by atoms with E-state index in [2.05, 4.69) is 41.5 Å². The summed E-state index contributed by atoms with van der Waals surface area (Å²) in [7, 11) is 0. The largest absolute Gasteiger partial charge is 0.312 e. The quantitative estimate of drug-likeness (QED) is 0.892. The van der Waals surface area contributed by atoms with Crippen LogP contribution in [0.5, 0.6) is 0 Å². The molecule has 1 unspecified atom stereocenters. The van der Waals surface area contributed by atoms with Crippen LogP contribution >= 0.6 is 0 Å². The number of anilines is 1. The van der Waals surface area contributed by atoms with E-state index >= 15 is 0 Å². The number of hydrogen-bond donors (Lipinski definition) is 1. The van der Waals surface area contributed by atoms with Gasteiger partial charge in [-0.2, -0.15) is 0 Å². The molecule has 4 nitrogen and oxygen atoms in total. The number of amides is 1. The highest BCUT2D eigenvalue weighted by Crippen LogP contribution is 2.23. The van der Waals surface area contributed by atoms with Crippen molar-refractivity contribution in [2.45, 2.75) is 32.2 Å². The topological polar surface area (TPSA) is 45.2 Å². The average Bonchev–Trinajstić information content (AvgIpc) is 3.02. The van der Waals surface area contributed by atoms with Crippen LogP contribution in [0.2, 0.25) is 0 Å². The van der Waals surface area contributed by atoms with E-state index in [0.29, 0.717) is 12.5 Å². The zero-order valence-corrected chi connectivity index (χ0v) is 13.5. The second kappa shape index (κ2) is 7.38. The van der Waals surface area contributed by atoms with Gasteiger partial charge in [-0.1, -0.05) is 12.1 Å². The van der Waals surface area contributed by atoms with Crippen LogP contribution in [-0.4, -0.2) is 24.0 Å². The minimum absolute atomic E-state index is 0.237. The van der Waals surface area contributed by atoms with Gasteiger partial charge in [0.25, 0.3) is 0 Å². The summed E-state index contributed by atoms with van der Waals surface area (Å²) in [6.07, 6.45) is 6.30. The minimum Gasteiger partial charge on any atom is -0.312 e. The molecule has 1 aromatic heterocycles. The molecule has 1 aromatic carbocycles. The second-order valence-corrected chi connectivity index (χ2v) is 6.02. The first-order valence-electron chi connectivity index (χ1n) is 8.26. The molecule has 0 aliphatic carbocycles. The predicted octanol–water partition coefficient (Wildman–Crippen LogP) is 3.10. The Kier molecular flexibility index (Phi) is 5.03. The van der Waals surface area contributed by atoms with Crippen LogP contribution in [0.4, 0.5) is 5.69 Å². The van der Waals surface area contributed by atoms with Crippen molar-refractivity contribution in [2.24, 2.45) is 0 Å². The monoisotopic (exact) mass is 309 g/mol. The molecule has 0 radical (unpaired) electrons. The van der Waals surface area contributed by atoms with Crippen LogP contribution in [0.25, 0.3) is 0 Å². The standard InChI is InChI=1S/C19H23N3O/c1-15(21-13-10-16-8-11-20-12-9-16)17-4-6-18(7-5-17)22-14-2-3-19(22)23/h4-9,11-12,15,21H,2-3,10,13-14H2,1H3. The van der Waals surface area contributed by atoms with Gasteiger partial charge in [-0.05, 0) is 61.7 Å². The van der Waals surface area contributed by atoms with E-state index < -0.39 is 0 Å². The van der Waals surface area contributed by atoms with Gasteiger partial charge in [-0.3, -0.25) is 9.78 Å². The maximum Gasteiger partial charge on any atom is 0.227 e. The molecule has 120 valence electrons. The van der Waals surface area contributed by atoms with Gasteiger partial charge < -0.3 is 10.2 Å². The third-order valence-corrected chi connectivity index (χ3v) is 4.39. The highest BCUT2D eigenvalue weighted by Gasteiger charge is 2.21. The molecule has 0 bridgehead atoms. The van der Waals surface area contributed by atoms with Crippen LogP contribution in [0.1, 0.15) is 36.9 Å². The minimum atomic E-state index is 0.237. The lowest BCUT2D eigenvalue weighted by Gasteiger charge is -2.18. The number of benzene rings is 1. The molecule has 0 saturated carbocycles. The Morgan fingerprint density at radius 1 is 1.17 bits per heavy atom. The third-order valence-electron chi connectivity index (χ3n) is 4.39. The van der Waals surface area contributed by atoms with Crippen molar-refractivity contribution in [3.63, 3.8) is 0 Å². The normalized spacial score (nSPS) is 15.9. The predicted molar refractivity (Wildman–Crippen MR) is 92.4 cm³/mol. The second-order valence-electron chi connectivity index (χ2n) is 6.02. The third kappa shape index (κ3) is 3.96. The molecule has 1 aliphatic rings. The lowest BCUT2D eigenvalue weighted by Crippen LogP contribution is -2.24. The summed E-state index contributed by atoms with van der Waals surface area (Å²) in [5.74, 6) is 0.237. The van der Waals surface area contributed by atoms with Crippen LogP contribution < -0.4 is 10.2 Å². The van der Waals surface area contributed by atoms with Crippen molar-refractivity contribution in [1.29, 1.82) is 0 Å². The molecule has 1 atom stereocenters. The molecule has 1 amide bonds. The van der Waals surface area contributed by atoms with Crippen molar-refractivity contribution in [3.05, 3.63) is 59.9 Å². The van der Waals surface area contributed by atoms with E-state index in [-0.39, 0.29) is 5.91 Å². The van der Waals surface area contributed by atoms with Crippen molar-refractivity contribution in [1.82, 2.24) is 10.3 Å². The van der Waals surface area contributed by atoms with Crippen molar-refractivity contribution in [3.8, 4) is 0 Å². The number of nitrogens with zero attached hydrogens (tertiary/aromatic N) is 2. The van der Waals surface area contributed by atoms with E-state index in [1.807, 2.05) is 29.4 Å². The van der Waals surface area contributed by atoms with Gasteiger partial charge >= 0.3 is 0 Å². The molecule has 2 aromatic rings. The SMILES string of the molecule is CC(NCCc1ccncc1)c1ccc(N2CCCC2=O)cc1. The van der Waals surface area contributed by atoms with Crippen LogP contribution in [0, 0.1) is 0 Å². The lowest BCUT2D eigenvalue weighted by molar-refractivity contribution is -0.117. The molecule has 4 heteroatoms. The van der Waals surface area contributed by atoms with Crippen molar-refractivity contribution < 1.29 is 4.79 Å². The Balaban J connectivity index is 1.53. The van der Waals surface area contributed by atoms with Gasteiger partial charge in [0.05, 0.1) is 0 Å². The Morgan fingerprint density at radius 3 is 2.57 bits per heavy atom. The maximum absolute atomic E-state index is 11.8. The fourth-order valence-corrected chi connectivity index (χ4v) is 2.96. The number of carbonyl (C=O) groups is 1. The van der Waals surface area contributed by atoms with Crippen molar-refractivity contribution in [2.75, 3.05) is 18.0 Å². The van der Waals surface area contributed by atoms with Gasteiger partial charge in [0.1, 0.15) is 0 Å². The zero-order valence-electron chi connectivity index (χ0n) is 13.5. The van der Waals surface area contributed by atoms with Gasteiger partial charge in [0, 0.05) is 37.1 Å². The van der Waals surface area contributed by atoms with Crippen LogP contribution in [0.3, 0.4) is 0 Å². The van der Waals surface area contributed by atoms with Crippen molar-refractivity contribution >= 4 is 11.6 Å². The van der Waals surface area contributed by atoms with E-state index in [1.165, 1.54) is 11.1 Å². The summed E-state index contributed by atoms with van der Waals surface area (Å²) in [5, 5.41) is 3.54. The Hall–Kier alpha value is -2.20. The first-order chi connectivity index (χ1) is 11.2. The Bertz CT molecular complexity index is 639. The Labute approximate surface area is 137 Å². The van der Waals surface area contributed by atoms with E-state index in [0.717, 1.165) is 31.6 Å². The summed E-state index contributed by atoms with van der Waals surface area (Å²) < 4.78 is 0. The van der Waals surface area contributed by atoms with Gasteiger partial charge in [-0.25, -0.2) is 0 Å². The fraction of sp³-hybridized carbons (Fsp3) is 0.368. The number of aromatic nitrogens is 1. The van der Waals surface area contributed by atoms with E-state index in [9.17, 15) is 4.79 Å². The molecule has 1 fully saturated rings. The fourth-order valence-electron chi connectivity index (χ4n) is 2.96. The molecule has 1 aliphatic heterocycles. The maximum atomic E-state index is 11.8. The molecule has 0 spiro atoms. The van der Waals surface area contributed by atoms with Gasteiger partial charge in [0.15, 0.2) is 0 Å². The number of nitrogens with one attached hydrogen (secondary N) is 1. The summed E-state index contributed by atoms with van der Waals surface area (Å²) in [6.45, 7) is 3.94. The first-order valence-corrected chi connectivity index (χ1v) is 8.26. The number of carbonyl (C=O) groups excluding carboxylic acids is 1. The Morgan fingerprint density at radius 2 is 1.91 bits per heavy atom. The van der Waals surface area contributed by atoms with Gasteiger partial charge in [-0.15, -0.1) is 0 Å². The van der Waals surface area contributed by atoms with E-state index in [4.69, 9.17) is 0 Å². The number of rotatable bonds is 6. The number of pyridine rings is 1. The molecular formula is C19H23N3O. The van der Waals surface area contributed by atoms with E-state index in [1.54, 1.807) is 0 Å². The molecule has 3 rings (SSSR count). The van der Waals surface area contributed by atoms with Crippen LogP contribution in [-0.2, 0) is 11.2 Å². The molecular weight excluding hydrogens is 286 g/mol. The molecule has 1 N–H and O–H groups in total. The highest BCUT2D eigenvalue weighted by atomic mass is 16.2. The highest BCUT2D eigenvalue weighted by molar-refractivity contribution is 5.95. The lowest BCUT2D eigenvalue weighted by atomic mass is 10.1. The average molecular weight is 309 g/mol. The zero-order chi connectivity index (χ0) is 16.1. The van der Waals surface area contributed by atoms with Crippen LogP contribution in [0.15, 0.2) is 48.8 Å². The smallest absolute Gasteiger partial charge is 0.227 e. The summed E-state index contributed by atoms with van der Waals surface area (Å²) in [6, 6.07) is 12.7. The molecule has 1 saturated heterocycles. The number of hydrogen-bond acceptors (Lipinski definition) is 3.